The number of hydrogen-bond acceptors (Lipinski definition) is 2. The van der Waals surface area contributed by atoms with Gasteiger partial charge in [0.2, 0.25) is 0 Å². The Kier molecular flexibility index (Phi) is 5.16. The van der Waals surface area contributed by atoms with E-state index in [1.165, 1.54) is 12.1 Å². The maximum atomic E-state index is 12.8. The van der Waals surface area contributed by atoms with Crippen LogP contribution in [0.3, 0.4) is 0 Å². The molecule has 0 aliphatic heterocycles. The van der Waals surface area contributed by atoms with Gasteiger partial charge in [-0.2, -0.15) is 13.2 Å². The second-order valence-corrected chi connectivity index (χ2v) is 4.62. The number of nitrogens with two attached hydrogens (primary N) is 1. The van der Waals surface area contributed by atoms with Crippen LogP contribution in [0, 0.1) is 5.92 Å². The van der Waals surface area contributed by atoms with Gasteiger partial charge in [0, 0.05) is 6.61 Å². The fourth-order valence-electron chi connectivity index (χ4n) is 1.60. The number of ether oxygens (including phenoxy) is 1. The van der Waals surface area contributed by atoms with Crippen molar-refractivity contribution in [1.82, 2.24) is 0 Å². The van der Waals surface area contributed by atoms with Crippen LogP contribution in [0.4, 0.5) is 13.2 Å². The molecule has 2 N–H and O–H groups in total. The maximum Gasteiger partial charge on any atom is 0.416 e. The van der Waals surface area contributed by atoms with Crippen LogP contribution in [0.15, 0.2) is 24.3 Å². The van der Waals surface area contributed by atoms with Crippen molar-refractivity contribution in [1.29, 1.82) is 0 Å². The van der Waals surface area contributed by atoms with Crippen molar-refractivity contribution in [2.24, 2.45) is 11.7 Å². The van der Waals surface area contributed by atoms with Gasteiger partial charge < -0.3 is 10.5 Å². The molecule has 1 unspecified atom stereocenters. The van der Waals surface area contributed by atoms with Gasteiger partial charge in [0.25, 0.3) is 0 Å². The molecule has 1 aromatic rings. The monoisotopic (exact) mass is 261 g/mol. The lowest BCUT2D eigenvalue weighted by Gasteiger charge is -2.18. The lowest BCUT2D eigenvalue weighted by molar-refractivity contribution is -0.138. The quantitative estimate of drug-likeness (QED) is 0.881. The highest BCUT2D eigenvalue weighted by atomic mass is 19.4. The summed E-state index contributed by atoms with van der Waals surface area (Å²) in [5.74, 6) is 0.329. The zero-order valence-corrected chi connectivity index (χ0v) is 10.5. The first-order chi connectivity index (χ1) is 8.32. The third-order valence-corrected chi connectivity index (χ3v) is 2.41. The van der Waals surface area contributed by atoms with E-state index in [1.807, 2.05) is 13.8 Å². The standard InChI is InChI=1S/C13H18F3NO/c1-9(2)7-18-8-12(17)10-5-3-4-6-11(10)13(14,15)16/h3-6,9,12H,7-8,17H2,1-2H3. The van der Waals surface area contributed by atoms with Crippen molar-refractivity contribution >= 4 is 0 Å². The number of alkyl halides is 3. The minimum absolute atomic E-state index is 0.0776. The Hall–Kier alpha value is -1.07. The summed E-state index contributed by atoms with van der Waals surface area (Å²) in [6.07, 6.45) is -4.38. The van der Waals surface area contributed by atoms with Gasteiger partial charge in [-0.3, -0.25) is 0 Å². The molecular weight excluding hydrogens is 243 g/mol. The Morgan fingerprint density at radius 2 is 1.78 bits per heavy atom. The van der Waals surface area contributed by atoms with E-state index >= 15 is 0 Å². The molecule has 1 atom stereocenters. The van der Waals surface area contributed by atoms with Crippen LogP contribution in [0.5, 0.6) is 0 Å². The van der Waals surface area contributed by atoms with Crippen molar-refractivity contribution in [3.63, 3.8) is 0 Å². The highest BCUT2D eigenvalue weighted by Crippen LogP contribution is 2.33. The lowest BCUT2D eigenvalue weighted by Crippen LogP contribution is -2.22. The molecule has 1 aromatic carbocycles. The molecule has 2 nitrogen and oxygen atoms in total. The van der Waals surface area contributed by atoms with Crippen LogP contribution in [0.25, 0.3) is 0 Å². The third-order valence-electron chi connectivity index (χ3n) is 2.41. The zero-order valence-electron chi connectivity index (χ0n) is 10.5. The first-order valence-electron chi connectivity index (χ1n) is 5.81. The molecule has 18 heavy (non-hydrogen) atoms. The summed E-state index contributed by atoms with van der Waals surface area (Å²) in [5.41, 5.74) is 5.14. The fourth-order valence-corrected chi connectivity index (χ4v) is 1.60. The maximum absolute atomic E-state index is 12.8. The largest absolute Gasteiger partial charge is 0.416 e. The topological polar surface area (TPSA) is 35.2 Å². The van der Waals surface area contributed by atoms with Crippen molar-refractivity contribution in [2.45, 2.75) is 26.1 Å². The van der Waals surface area contributed by atoms with E-state index in [4.69, 9.17) is 10.5 Å². The predicted molar refractivity (Wildman–Crippen MR) is 64.0 cm³/mol. The number of benzene rings is 1. The van der Waals surface area contributed by atoms with Crippen molar-refractivity contribution in [3.8, 4) is 0 Å². The summed E-state index contributed by atoms with van der Waals surface area (Å²) < 4.78 is 43.6. The molecule has 0 spiro atoms. The van der Waals surface area contributed by atoms with E-state index in [0.29, 0.717) is 12.5 Å². The molecule has 0 fully saturated rings. The van der Waals surface area contributed by atoms with E-state index in [2.05, 4.69) is 0 Å². The van der Waals surface area contributed by atoms with Gasteiger partial charge in [0.15, 0.2) is 0 Å². The molecule has 0 heterocycles. The molecule has 0 aliphatic rings. The summed E-state index contributed by atoms with van der Waals surface area (Å²) in [5, 5.41) is 0. The van der Waals surface area contributed by atoms with Gasteiger partial charge in [0.05, 0.1) is 18.2 Å². The fraction of sp³-hybridized carbons (Fsp3) is 0.538. The Balaban J connectivity index is 2.76. The predicted octanol–water partition coefficient (Wildman–Crippen LogP) is 3.38. The number of hydrogen-bond donors (Lipinski definition) is 1. The van der Waals surface area contributed by atoms with Crippen LogP contribution in [0.2, 0.25) is 0 Å². The molecule has 0 aliphatic carbocycles. The smallest absolute Gasteiger partial charge is 0.379 e. The lowest BCUT2D eigenvalue weighted by atomic mass is 10.0. The van der Waals surface area contributed by atoms with Crippen LogP contribution >= 0.6 is 0 Å². The summed E-state index contributed by atoms with van der Waals surface area (Å²) in [4.78, 5) is 0. The molecule has 0 aromatic heterocycles. The highest BCUT2D eigenvalue weighted by Gasteiger charge is 2.34. The molecule has 0 amide bonds. The van der Waals surface area contributed by atoms with E-state index in [-0.39, 0.29) is 12.2 Å². The molecule has 0 saturated heterocycles. The minimum Gasteiger partial charge on any atom is -0.379 e. The number of halogens is 3. The van der Waals surface area contributed by atoms with E-state index < -0.39 is 17.8 Å². The average Bonchev–Trinajstić information content (AvgIpc) is 2.27. The van der Waals surface area contributed by atoms with Gasteiger partial charge in [0.1, 0.15) is 0 Å². The Morgan fingerprint density at radius 3 is 2.33 bits per heavy atom. The highest BCUT2D eigenvalue weighted by molar-refractivity contribution is 5.32. The molecule has 0 radical (unpaired) electrons. The second kappa shape index (κ2) is 6.20. The summed E-state index contributed by atoms with van der Waals surface area (Å²) in [6, 6.07) is 4.58. The van der Waals surface area contributed by atoms with Crippen molar-refractivity contribution in [2.75, 3.05) is 13.2 Å². The van der Waals surface area contributed by atoms with Crippen LogP contribution < -0.4 is 5.73 Å². The molecule has 102 valence electrons. The first kappa shape index (κ1) is 15.0. The Labute approximate surface area is 105 Å². The molecule has 1 rings (SSSR count). The van der Waals surface area contributed by atoms with Gasteiger partial charge in [-0.05, 0) is 17.5 Å². The van der Waals surface area contributed by atoms with Gasteiger partial charge in [-0.15, -0.1) is 0 Å². The van der Waals surface area contributed by atoms with Crippen molar-refractivity contribution < 1.29 is 17.9 Å². The van der Waals surface area contributed by atoms with E-state index in [0.717, 1.165) is 6.07 Å². The minimum atomic E-state index is -4.38. The molecule has 0 saturated carbocycles. The third kappa shape index (κ3) is 4.31. The van der Waals surface area contributed by atoms with Crippen molar-refractivity contribution in [3.05, 3.63) is 35.4 Å². The first-order valence-corrected chi connectivity index (χ1v) is 5.81. The Morgan fingerprint density at radius 1 is 1.17 bits per heavy atom. The molecular formula is C13H18F3NO. The number of rotatable bonds is 5. The Bertz CT molecular complexity index is 377. The van der Waals surface area contributed by atoms with Gasteiger partial charge >= 0.3 is 6.18 Å². The molecule has 5 heteroatoms. The SMILES string of the molecule is CC(C)COCC(N)c1ccccc1C(F)(F)F. The summed E-state index contributed by atoms with van der Waals surface area (Å²) in [7, 11) is 0. The second-order valence-electron chi connectivity index (χ2n) is 4.62. The average molecular weight is 261 g/mol. The van der Waals surface area contributed by atoms with E-state index in [1.54, 1.807) is 6.07 Å². The zero-order chi connectivity index (χ0) is 13.8. The molecule has 0 bridgehead atoms. The van der Waals surface area contributed by atoms with E-state index in [9.17, 15) is 13.2 Å². The van der Waals surface area contributed by atoms with Crippen LogP contribution in [-0.4, -0.2) is 13.2 Å². The van der Waals surface area contributed by atoms with Gasteiger partial charge in [-0.25, -0.2) is 0 Å². The summed E-state index contributed by atoms with van der Waals surface area (Å²) in [6.45, 7) is 4.51. The van der Waals surface area contributed by atoms with Crippen LogP contribution in [-0.2, 0) is 10.9 Å². The van der Waals surface area contributed by atoms with Crippen LogP contribution in [0.1, 0.15) is 31.0 Å². The summed E-state index contributed by atoms with van der Waals surface area (Å²) >= 11 is 0. The normalized spacial score (nSPS) is 13.9. The van der Waals surface area contributed by atoms with Gasteiger partial charge in [-0.1, -0.05) is 32.0 Å².